The zero-order chi connectivity index (χ0) is 37.1. The van der Waals surface area contributed by atoms with Crippen molar-refractivity contribution in [3.05, 3.63) is 48.0 Å². The quantitative estimate of drug-likeness (QED) is 0.0676. The predicted molar refractivity (Wildman–Crippen MR) is 211 cm³/mol. The highest BCUT2D eigenvalue weighted by Crippen LogP contribution is 2.29. The van der Waals surface area contributed by atoms with Crippen molar-refractivity contribution in [2.45, 2.75) is 184 Å². The number of hydrogen-bond acceptors (Lipinski definition) is 4. The van der Waals surface area contributed by atoms with Crippen LogP contribution < -0.4 is 0 Å². The summed E-state index contributed by atoms with van der Waals surface area (Å²) in [4.78, 5) is 22.8. The van der Waals surface area contributed by atoms with E-state index in [9.17, 15) is 9.59 Å². The van der Waals surface area contributed by atoms with Crippen molar-refractivity contribution in [2.24, 2.45) is 5.92 Å². The van der Waals surface area contributed by atoms with Crippen molar-refractivity contribution in [1.29, 1.82) is 0 Å². The lowest BCUT2D eigenvalue weighted by molar-refractivity contribution is -0.158. The lowest BCUT2D eigenvalue weighted by atomic mass is 9.98. The number of carbonyl (C=O) groups is 2. The molecule has 2 rings (SSSR count). The van der Waals surface area contributed by atoms with Crippen LogP contribution in [0, 0.1) is 30.6 Å². The van der Waals surface area contributed by atoms with Gasteiger partial charge in [0.25, 0.3) is 0 Å². The van der Waals surface area contributed by atoms with Crippen LogP contribution in [0.5, 0.6) is 0 Å². The number of rotatable bonds is 18. The van der Waals surface area contributed by atoms with Crippen LogP contribution in [0.15, 0.2) is 42.5 Å². The monoisotopic (exact) mass is 669 g/mol. The van der Waals surface area contributed by atoms with Gasteiger partial charge in [0.15, 0.2) is 0 Å². The standard InChI is InChI=1S/C16H24O4.C16H24.C6H10.3C2H6/c1-4-6-8-10-12-16(18)20-14(3)13-19-15(17)11-9-7-5-2;1-3-9-15(10-4-1)11-5-2-6-12-16-13-7-8-14-16;1-3-5-6-4-2;3*1-2/h2,4,6,14H,7-13H2,1,3H3;1,3-4,9-10,16H,2,5-8,11-14H2;1H,4-6H2,2H3;3*1-2H3/b6-4-;;;;;. The lowest BCUT2D eigenvalue weighted by Crippen LogP contribution is -2.22. The summed E-state index contributed by atoms with van der Waals surface area (Å²) in [6.07, 6.45) is 33.4. The SMILES string of the molecule is C#CCCCC.C#CCCCC(=O)OCC(C)OC(=O)CCC/C=C\C.CC.CC.CC.c1ccc(CCCCCC2CCCC2)cc1. The molecule has 1 unspecified atom stereocenters. The molecule has 1 atom stereocenters. The number of allylic oxidation sites excluding steroid dienone is 2. The maximum atomic E-state index is 11.5. The van der Waals surface area contributed by atoms with E-state index in [1.54, 1.807) is 6.92 Å². The van der Waals surface area contributed by atoms with Gasteiger partial charge in [-0.25, -0.2) is 0 Å². The minimum Gasteiger partial charge on any atom is -0.462 e. The van der Waals surface area contributed by atoms with Crippen LogP contribution in [0.2, 0.25) is 0 Å². The van der Waals surface area contributed by atoms with Crippen LogP contribution in [0.25, 0.3) is 0 Å². The number of ether oxygens (including phenoxy) is 2. The zero-order valence-electron chi connectivity index (χ0n) is 32.9. The molecule has 0 heterocycles. The number of esters is 2. The van der Waals surface area contributed by atoms with Gasteiger partial charge in [0.1, 0.15) is 12.7 Å². The summed E-state index contributed by atoms with van der Waals surface area (Å²) in [5.74, 6) is 5.54. The van der Waals surface area contributed by atoms with E-state index in [0.29, 0.717) is 25.7 Å². The Labute approximate surface area is 299 Å². The van der Waals surface area contributed by atoms with Gasteiger partial charge in [0, 0.05) is 25.7 Å². The van der Waals surface area contributed by atoms with Gasteiger partial charge in [-0.05, 0) is 63.9 Å². The van der Waals surface area contributed by atoms with Gasteiger partial charge in [-0.15, -0.1) is 24.7 Å². The van der Waals surface area contributed by atoms with Crippen LogP contribution in [-0.2, 0) is 25.5 Å². The van der Waals surface area contributed by atoms with E-state index in [0.717, 1.165) is 25.2 Å². The first-order chi connectivity index (χ1) is 23.5. The molecule has 1 aromatic rings. The van der Waals surface area contributed by atoms with Crippen LogP contribution in [0.1, 0.15) is 177 Å². The Hall–Kier alpha value is -2.98. The summed E-state index contributed by atoms with van der Waals surface area (Å²) in [6, 6.07) is 10.9. The second-order valence-corrected chi connectivity index (χ2v) is 11.0. The number of hydrogen-bond donors (Lipinski definition) is 0. The van der Waals surface area contributed by atoms with Gasteiger partial charge in [-0.2, -0.15) is 0 Å². The van der Waals surface area contributed by atoms with Crippen molar-refractivity contribution >= 4 is 11.9 Å². The first-order valence-corrected chi connectivity index (χ1v) is 19.3. The molecule has 1 aliphatic carbocycles. The number of benzene rings is 1. The molecule has 0 aromatic heterocycles. The Bertz CT molecular complexity index is 885. The van der Waals surface area contributed by atoms with Gasteiger partial charge in [0.2, 0.25) is 0 Å². The van der Waals surface area contributed by atoms with Crippen molar-refractivity contribution in [3.8, 4) is 24.7 Å². The van der Waals surface area contributed by atoms with Crippen molar-refractivity contribution in [1.82, 2.24) is 0 Å². The average molecular weight is 669 g/mol. The van der Waals surface area contributed by atoms with Crippen molar-refractivity contribution < 1.29 is 19.1 Å². The molecule has 0 bridgehead atoms. The number of carbonyl (C=O) groups excluding carboxylic acids is 2. The molecule has 0 N–H and O–H groups in total. The molecule has 1 aliphatic rings. The molecular weight excluding hydrogens is 592 g/mol. The molecule has 276 valence electrons. The van der Waals surface area contributed by atoms with E-state index in [-0.39, 0.29) is 18.5 Å². The van der Waals surface area contributed by atoms with Crippen molar-refractivity contribution in [3.63, 3.8) is 0 Å². The molecule has 0 radical (unpaired) electrons. The Morgan fingerprint density at radius 1 is 0.833 bits per heavy atom. The molecule has 4 nitrogen and oxygen atoms in total. The smallest absolute Gasteiger partial charge is 0.306 e. The third kappa shape index (κ3) is 41.0. The summed E-state index contributed by atoms with van der Waals surface area (Å²) in [5.41, 5.74) is 1.50. The maximum Gasteiger partial charge on any atom is 0.306 e. The molecule has 1 aromatic carbocycles. The summed E-state index contributed by atoms with van der Waals surface area (Å²) in [5, 5.41) is 0. The summed E-state index contributed by atoms with van der Waals surface area (Å²) in [6.45, 7) is 17.9. The molecule has 0 saturated heterocycles. The van der Waals surface area contributed by atoms with Gasteiger partial charge >= 0.3 is 11.9 Å². The van der Waals surface area contributed by atoms with Crippen molar-refractivity contribution in [2.75, 3.05) is 6.61 Å². The zero-order valence-corrected chi connectivity index (χ0v) is 32.9. The Balaban J connectivity index is -0.000000307. The van der Waals surface area contributed by atoms with E-state index in [1.165, 1.54) is 76.2 Å². The molecule has 1 fully saturated rings. The van der Waals surface area contributed by atoms with Crippen LogP contribution >= 0.6 is 0 Å². The Morgan fingerprint density at radius 3 is 1.96 bits per heavy atom. The minimum absolute atomic E-state index is 0.0927. The summed E-state index contributed by atoms with van der Waals surface area (Å²) in [7, 11) is 0. The second kappa shape index (κ2) is 46.1. The summed E-state index contributed by atoms with van der Waals surface area (Å²) >= 11 is 0. The fourth-order valence-corrected chi connectivity index (χ4v) is 4.63. The van der Waals surface area contributed by atoms with E-state index in [1.807, 2.05) is 60.6 Å². The predicted octanol–water partition coefficient (Wildman–Crippen LogP) is 12.9. The van der Waals surface area contributed by atoms with Gasteiger partial charge < -0.3 is 9.47 Å². The summed E-state index contributed by atoms with van der Waals surface area (Å²) < 4.78 is 10.1. The number of unbranched alkanes of at least 4 members (excludes halogenated alkanes) is 6. The highest BCUT2D eigenvalue weighted by atomic mass is 16.6. The van der Waals surface area contributed by atoms with Crippen LogP contribution in [0.3, 0.4) is 0 Å². The Morgan fingerprint density at radius 2 is 1.42 bits per heavy atom. The molecule has 0 spiro atoms. The molecule has 0 amide bonds. The van der Waals surface area contributed by atoms with Gasteiger partial charge in [-0.1, -0.05) is 142 Å². The maximum absolute atomic E-state index is 11.5. The molecule has 0 aliphatic heterocycles. The third-order valence-corrected chi connectivity index (χ3v) is 7.07. The lowest BCUT2D eigenvalue weighted by Gasteiger charge is -2.13. The first-order valence-electron chi connectivity index (χ1n) is 19.3. The van der Waals surface area contributed by atoms with E-state index in [2.05, 4.69) is 49.1 Å². The van der Waals surface area contributed by atoms with E-state index < -0.39 is 6.10 Å². The number of terminal acetylenes is 2. The third-order valence-electron chi connectivity index (χ3n) is 7.07. The molecule has 4 heteroatoms. The van der Waals surface area contributed by atoms with Crippen LogP contribution in [-0.4, -0.2) is 24.6 Å². The van der Waals surface area contributed by atoms with E-state index in [4.69, 9.17) is 22.3 Å². The highest BCUT2D eigenvalue weighted by molar-refractivity contribution is 5.70. The second-order valence-electron chi connectivity index (χ2n) is 11.0. The van der Waals surface area contributed by atoms with Gasteiger partial charge in [-0.3, -0.25) is 9.59 Å². The fraction of sp³-hybridized carbons (Fsp3) is 0.682. The van der Waals surface area contributed by atoms with Crippen LogP contribution in [0.4, 0.5) is 0 Å². The first kappa shape index (κ1) is 51.8. The molecule has 48 heavy (non-hydrogen) atoms. The fourth-order valence-electron chi connectivity index (χ4n) is 4.63. The topological polar surface area (TPSA) is 52.6 Å². The normalized spacial score (nSPS) is 11.8. The largest absolute Gasteiger partial charge is 0.462 e. The minimum atomic E-state index is -0.416. The average Bonchev–Trinajstić information content (AvgIpc) is 3.66. The Kier molecular flexibility index (Phi) is 49.8. The number of aryl methyl sites for hydroxylation is 1. The highest BCUT2D eigenvalue weighted by Gasteiger charge is 2.14. The molecular formula is C44H76O4. The molecule has 1 saturated carbocycles. The van der Waals surface area contributed by atoms with E-state index >= 15 is 0 Å². The van der Waals surface area contributed by atoms with Gasteiger partial charge in [0.05, 0.1) is 0 Å².